The number of benzene rings is 1. The van der Waals surface area contributed by atoms with Crippen molar-refractivity contribution in [1.82, 2.24) is 4.31 Å². The van der Waals surface area contributed by atoms with Gasteiger partial charge in [-0.05, 0) is 50.8 Å². The molecule has 1 heterocycles. The van der Waals surface area contributed by atoms with Crippen molar-refractivity contribution in [2.75, 3.05) is 17.0 Å². The molecule has 3 N–H and O–H groups in total. The summed E-state index contributed by atoms with van der Waals surface area (Å²) in [5.74, 6) is 0. The highest BCUT2D eigenvalue weighted by molar-refractivity contribution is 7.90. The molecule has 1 atom stereocenters. The van der Waals surface area contributed by atoms with Crippen molar-refractivity contribution in [1.29, 1.82) is 0 Å². The van der Waals surface area contributed by atoms with Crippen LogP contribution in [0.5, 0.6) is 0 Å². The summed E-state index contributed by atoms with van der Waals surface area (Å²) in [5.41, 5.74) is 8.72. The molecule has 0 amide bonds. The van der Waals surface area contributed by atoms with Gasteiger partial charge in [0.2, 0.25) is 0 Å². The third-order valence-electron chi connectivity index (χ3n) is 4.00. The fourth-order valence-corrected chi connectivity index (χ4v) is 4.27. The van der Waals surface area contributed by atoms with Crippen molar-refractivity contribution in [3.8, 4) is 0 Å². The normalized spacial score (nSPS) is 20.9. The third kappa shape index (κ3) is 2.91. The van der Waals surface area contributed by atoms with Crippen LogP contribution in [0.25, 0.3) is 0 Å². The minimum atomic E-state index is -3.52. The maximum absolute atomic E-state index is 12.6. The van der Waals surface area contributed by atoms with Gasteiger partial charge in [-0.3, -0.25) is 4.72 Å². The molecule has 1 aromatic rings. The molecule has 0 aromatic heterocycles. The van der Waals surface area contributed by atoms with E-state index in [2.05, 4.69) is 4.72 Å². The van der Waals surface area contributed by atoms with Crippen LogP contribution in [0.2, 0.25) is 0 Å². The van der Waals surface area contributed by atoms with E-state index >= 15 is 0 Å². The van der Waals surface area contributed by atoms with Crippen LogP contribution in [0.15, 0.2) is 12.1 Å². The fourth-order valence-electron chi connectivity index (χ4n) is 2.64. The highest BCUT2D eigenvalue weighted by atomic mass is 32.2. The van der Waals surface area contributed by atoms with Crippen LogP contribution in [0.3, 0.4) is 0 Å². The molecule has 1 fully saturated rings. The summed E-state index contributed by atoms with van der Waals surface area (Å²) in [4.78, 5) is 0. The zero-order valence-electron chi connectivity index (χ0n) is 12.3. The first-order valence-electron chi connectivity index (χ1n) is 6.98. The van der Waals surface area contributed by atoms with Crippen LogP contribution in [0, 0.1) is 13.8 Å². The summed E-state index contributed by atoms with van der Waals surface area (Å²) in [5, 5.41) is 0. The van der Waals surface area contributed by atoms with Crippen molar-refractivity contribution in [3.63, 3.8) is 0 Å². The van der Waals surface area contributed by atoms with E-state index in [4.69, 9.17) is 5.73 Å². The molecule has 2 rings (SSSR count). The van der Waals surface area contributed by atoms with Gasteiger partial charge in [-0.25, -0.2) is 0 Å². The van der Waals surface area contributed by atoms with E-state index < -0.39 is 10.2 Å². The molecule has 1 unspecified atom stereocenters. The zero-order chi connectivity index (χ0) is 14.9. The number of aryl methyl sites for hydroxylation is 1. The van der Waals surface area contributed by atoms with Gasteiger partial charge >= 0.3 is 10.2 Å². The lowest BCUT2D eigenvalue weighted by molar-refractivity contribution is 0.270. The molecule has 6 heteroatoms. The van der Waals surface area contributed by atoms with Gasteiger partial charge in [0.25, 0.3) is 0 Å². The van der Waals surface area contributed by atoms with E-state index in [1.54, 1.807) is 10.4 Å². The van der Waals surface area contributed by atoms with Crippen LogP contribution in [-0.4, -0.2) is 25.3 Å². The second kappa shape index (κ2) is 5.61. The Labute approximate surface area is 121 Å². The Bertz CT molecular complexity index is 599. The maximum atomic E-state index is 12.6. The predicted molar refractivity (Wildman–Crippen MR) is 82.9 cm³/mol. The molecular formula is C14H23N3O2S. The van der Waals surface area contributed by atoms with E-state index in [0.29, 0.717) is 17.9 Å². The molecule has 20 heavy (non-hydrogen) atoms. The molecule has 5 nitrogen and oxygen atoms in total. The third-order valence-corrected chi connectivity index (χ3v) is 5.62. The molecule has 1 aliphatic rings. The number of hydrogen-bond acceptors (Lipinski definition) is 3. The summed E-state index contributed by atoms with van der Waals surface area (Å²) < 4.78 is 29.4. The molecule has 112 valence electrons. The number of nitrogens with one attached hydrogen (secondary N) is 1. The number of hydrogen-bond donors (Lipinski definition) is 2. The molecule has 0 saturated carbocycles. The molecule has 1 aromatic carbocycles. The van der Waals surface area contributed by atoms with E-state index in [9.17, 15) is 8.42 Å². The average Bonchev–Trinajstić information content (AvgIpc) is 2.39. The first-order valence-corrected chi connectivity index (χ1v) is 8.42. The predicted octanol–water partition coefficient (Wildman–Crippen LogP) is 2.42. The maximum Gasteiger partial charge on any atom is 0.301 e. The van der Waals surface area contributed by atoms with Gasteiger partial charge in [-0.15, -0.1) is 0 Å². The van der Waals surface area contributed by atoms with Gasteiger partial charge in [-0.2, -0.15) is 12.7 Å². The standard InChI is InChI=1S/C14H23N3O2S/c1-10-7-8-13(15)12(3)14(10)16-20(18,19)17-9-5-4-6-11(17)2/h7-8,11,16H,4-6,9,15H2,1-3H3. The first kappa shape index (κ1) is 15.1. The number of rotatable bonds is 3. The lowest BCUT2D eigenvalue weighted by Gasteiger charge is -2.32. The van der Waals surface area contributed by atoms with Crippen molar-refractivity contribution in [2.45, 2.75) is 46.1 Å². The summed E-state index contributed by atoms with van der Waals surface area (Å²) in [7, 11) is -3.52. The number of piperidine rings is 1. The van der Waals surface area contributed by atoms with Crippen LogP contribution in [0.1, 0.15) is 37.3 Å². The first-order chi connectivity index (χ1) is 9.33. The largest absolute Gasteiger partial charge is 0.398 e. The Balaban J connectivity index is 2.31. The van der Waals surface area contributed by atoms with Crippen LogP contribution in [0.4, 0.5) is 11.4 Å². The Morgan fingerprint density at radius 1 is 1.30 bits per heavy atom. The van der Waals surface area contributed by atoms with Crippen molar-refractivity contribution in [3.05, 3.63) is 23.3 Å². The molecule has 0 aliphatic carbocycles. The van der Waals surface area contributed by atoms with Crippen molar-refractivity contribution < 1.29 is 8.42 Å². The smallest absolute Gasteiger partial charge is 0.301 e. The van der Waals surface area contributed by atoms with Gasteiger partial charge in [0.05, 0.1) is 5.69 Å². The fraction of sp³-hybridized carbons (Fsp3) is 0.571. The van der Waals surface area contributed by atoms with Crippen LogP contribution >= 0.6 is 0 Å². The SMILES string of the molecule is Cc1ccc(N)c(C)c1NS(=O)(=O)N1CCCCC1C. The van der Waals surface area contributed by atoms with E-state index in [1.807, 2.05) is 26.8 Å². The molecule has 0 bridgehead atoms. The quantitative estimate of drug-likeness (QED) is 0.841. The Morgan fingerprint density at radius 2 is 2.00 bits per heavy atom. The second-order valence-electron chi connectivity index (χ2n) is 5.53. The van der Waals surface area contributed by atoms with Gasteiger partial charge in [0, 0.05) is 18.3 Å². The molecule has 1 aliphatic heterocycles. The summed E-state index contributed by atoms with van der Waals surface area (Å²) in [6.45, 7) is 6.25. The Hall–Kier alpha value is -1.27. The van der Waals surface area contributed by atoms with E-state index in [1.165, 1.54) is 0 Å². The number of nitrogens with zero attached hydrogens (tertiary/aromatic N) is 1. The van der Waals surface area contributed by atoms with Gasteiger partial charge in [0.1, 0.15) is 0 Å². The second-order valence-corrected chi connectivity index (χ2v) is 7.16. The summed E-state index contributed by atoms with van der Waals surface area (Å²) in [6.07, 6.45) is 2.92. The minimum absolute atomic E-state index is 0.0444. The summed E-state index contributed by atoms with van der Waals surface area (Å²) in [6, 6.07) is 3.68. The highest BCUT2D eigenvalue weighted by Crippen LogP contribution is 2.28. The molecule has 0 spiro atoms. The van der Waals surface area contributed by atoms with E-state index in [-0.39, 0.29) is 6.04 Å². The molecular weight excluding hydrogens is 274 g/mol. The Kier molecular flexibility index (Phi) is 4.25. The highest BCUT2D eigenvalue weighted by Gasteiger charge is 2.30. The Morgan fingerprint density at radius 3 is 2.65 bits per heavy atom. The van der Waals surface area contributed by atoms with Crippen molar-refractivity contribution >= 4 is 21.6 Å². The zero-order valence-corrected chi connectivity index (χ0v) is 13.1. The van der Waals surface area contributed by atoms with Gasteiger partial charge < -0.3 is 5.73 Å². The summed E-state index contributed by atoms with van der Waals surface area (Å²) >= 11 is 0. The molecule has 1 saturated heterocycles. The topological polar surface area (TPSA) is 75.4 Å². The lowest BCUT2D eigenvalue weighted by Crippen LogP contribution is -2.45. The molecule has 0 radical (unpaired) electrons. The van der Waals surface area contributed by atoms with Gasteiger partial charge in [0.15, 0.2) is 0 Å². The van der Waals surface area contributed by atoms with E-state index in [0.717, 1.165) is 30.4 Å². The number of anilines is 2. The van der Waals surface area contributed by atoms with Gasteiger partial charge in [-0.1, -0.05) is 12.5 Å². The number of nitrogen functional groups attached to an aromatic ring is 1. The lowest BCUT2D eigenvalue weighted by atomic mass is 10.1. The minimum Gasteiger partial charge on any atom is -0.398 e. The van der Waals surface area contributed by atoms with Crippen LogP contribution < -0.4 is 10.5 Å². The van der Waals surface area contributed by atoms with Crippen LogP contribution in [-0.2, 0) is 10.2 Å². The number of nitrogens with two attached hydrogens (primary N) is 1. The monoisotopic (exact) mass is 297 g/mol. The average molecular weight is 297 g/mol. The van der Waals surface area contributed by atoms with Crippen molar-refractivity contribution in [2.24, 2.45) is 0 Å².